The Labute approximate surface area is 97.4 Å². The summed E-state index contributed by atoms with van der Waals surface area (Å²) in [5.41, 5.74) is 0. The number of rotatable bonds is 7. The summed E-state index contributed by atoms with van der Waals surface area (Å²) in [7, 11) is 0. The molecule has 0 spiro atoms. The Morgan fingerprint density at radius 1 is 1.27 bits per heavy atom. The molecular weight excluding hydrogens is 214 g/mol. The smallest absolute Gasteiger partial charge is 0.0644 e. The van der Waals surface area contributed by atoms with Crippen molar-refractivity contribution in [1.82, 2.24) is 4.90 Å². The largest absolute Gasteiger partial charge is 0.395 e. The molecule has 0 radical (unpaired) electrons. The van der Waals surface area contributed by atoms with Crippen LogP contribution in [0.5, 0.6) is 0 Å². The summed E-state index contributed by atoms with van der Waals surface area (Å²) in [6.45, 7) is 3.73. The Hall–Kier alpha value is 0.170. The van der Waals surface area contributed by atoms with Gasteiger partial charge in [-0.05, 0) is 19.4 Å². The summed E-state index contributed by atoms with van der Waals surface area (Å²) in [4.78, 5) is 2.34. The second-order valence-electron chi connectivity index (χ2n) is 4.05. The normalized spacial score (nSPS) is 23.2. The van der Waals surface area contributed by atoms with Crippen LogP contribution in [-0.2, 0) is 4.74 Å². The van der Waals surface area contributed by atoms with Crippen molar-refractivity contribution < 1.29 is 9.84 Å². The van der Waals surface area contributed by atoms with Gasteiger partial charge in [-0.15, -0.1) is 11.6 Å². The standard InChI is InChI=1S/C11H22ClNO2/c12-5-3-1-2-4-6-13-7-8-15-10-11(13)9-14/h11,14H,1-10H2. The topological polar surface area (TPSA) is 32.7 Å². The molecule has 1 aliphatic rings. The highest BCUT2D eigenvalue weighted by molar-refractivity contribution is 6.17. The third-order valence-electron chi connectivity index (χ3n) is 2.89. The van der Waals surface area contributed by atoms with E-state index >= 15 is 0 Å². The van der Waals surface area contributed by atoms with Gasteiger partial charge in [-0.25, -0.2) is 0 Å². The van der Waals surface area contributed by atoms with E-state index in [0.29, 0.717) is 6.61 Å². The van der Waals surface area contributed by atoms with Crippen molar-refractivity contribution in [1.29, 1.82) is 0 Å². The first-order valence-electron chi connectivity index (χ1n) is 5.87. The zero-order valence-electron chi connectivity index (χ0n) is 9.33. The lowest BCUT2D eigenvalue weighted by atomic mass is 10.1. The first-order valence-corrected chi connectivity index (χ1v) is 6.40. The number of unbranched alkanes of at least 4 members (excludes halogenated alkanes) is 3. The highest BCUT2D eigenvalue weighted by Gasteiger charge is 2.21. The van der Waals surface area contributed by atoms with E-state index in [2.05, 4.69) is 4.90 Å². The average molecular weight is 236 g/mol. The maximum Gasteiger partial charge on any atom is 0.0644 e. The van der Waals surface area contributed by atoms with E-state index < -0.39 is 0 Å². The lowest BCUT2D eigenvalue weighted by molar-refractivity contribution is -0.0278. The second-order valence-corrected chi connectivity index (χ2v) is 4.43. The van der Waals surface area contributed by atoms with Gasteiger partial charge in [0.1, 0.15) is 0 Å². The molecule has 0 aromatic heterocycles. The predicted molar refractivity (Wildman–Crippen MR) is 62.5 cm³/mol. The van der Waals surface area contributed by atoms with E-state index in [1.54, 1.807) is 0 Å². The molecule has 1 N–H and O–H groups in total. The third-order valence-corrected chi connectivity index (χ3v) is 3.16. The lowest BCUT2D eigenvalue weighted by Gasteiger charge is -2.34. The van der Waals surface area contributed by atoms with E-state index in [-0.39, 0.29) is 12.6 Å². The summed E-state index contributed by atoms with van der Waals surface area (Å²) in [6.07, 6.45) is 4.78. The summed E-state index contributed by atoms with van der Waals surface area (Å²) >= 11 is 5.61. The predicted octanol–water partition coefficient (Wildman–Crippen LogP) is 1.48. The molecule has 0 bridgehead atoms. The Morgan fingerprint density at radius 2 is 2.07 bits per heavy atom. The number of nitrogens with zero attached hydrogens (tertiary/aromatic N) is 1. The second kappa shape index (κ2) is 8.34. The fourth-order valence-corrected chi connectivity index (χ4v) is 2.10. The molecule has 15 heavy (non-hydrogen) atoms. The molecule has 0 aromatic rings. The minimum absolute atomic E-state index is 0.210. The van der Waals surface area contributed by atoms with E-state index in [0.717, 1.165) is 32.0 Å². The molecule has 0 aromatic carbocycles. The van der Waals surface area contributed by atoms with Gasteiger partial charge in [-0.3, -0.25) is 4.90 Å². The van der Waals surface area contributed by atoms with E-state index in [1.807, 2.05) is 0 Å². The molecule has 0 saturated carbocycles. The molecule has 1 fully saturated rings. The molecule has 1 saturated heterocycles. The summed E-state index contributed by atoms with van der Waals surface area (Å²) in [5.74, 6) is 0.775. The van der Waals surface area contributed by atoms with Crippen molar-refractivity contribution in [2.45, 2.75) is 31.7 Å². The molecule has 1 heterocycles. The fourth-order valence-electron chi connectivity index (χ4n) is 1.91. The summed E-state index contributed by atoms with van der Waals surface area (Å²) in [6, 6.07) is 0.215. The van der Waals surface area contributed by atoms with E-state index in [1.165, 1.54) is 19.3 Å². The monoisotopic (exact) mass is 235 g/mol. The van der Waals surface area contributed by atoms with Gasteiger partial charge in [-0.1, -0.05) is 12.8 Å². The quantitative estimate of drug-likeness (QED) is 0.536. The van der Waals surface area contributed by atoms with Crippen molar-refractivity contribution in [3.05, 3.63) is 0 Å². The summed E-state index contributed by atoms with van der Waals surface area (Å²) < 4.78 is 5.33. The Morgan fingerprint density at radius 3 is 2.80 bits per heavy atom. The van der Waals surface area contributed by atoms with Gasteiger partial charge in [0.15, 0.2) is 0 Å². The number of hydrogen-bond acceptors (Lipinski definition) is 3. The highest BCUT2D eigenvalue weighted by atomic mass is 35.5. The SMILES string of the molecule is OCC1COCCN1CCCCCCCl. The van der Waals surface area contributed by atoms with Crippen LogP contribution in [0.1, 0.15) is 25.7 Å². The van der Waals surface area contributed by atoms with Crippen molar-refractivity contribution in [2.24, 2.45) is 0 Å². The number of aliphatic hydroxyl groups is 1. The molecule has 90 valence electrons. The minimum atomic E-state index is 0.210. The number of hydrogen-bond donors (Lipinski definition) is 1. The third kappa shape index (κ3) is 5.16. The lowest BCUT2D eigenvalue weighted by Crippen LogP contribution is -2.47. The molecule has 1 atom stereocenters. The zero-order valence-corrected chi connectivity index (χ0v) is 10.1. The first kappa shape index (κ1) is 13.2. The highest BCUT2D eigenvalue weighted by Crippen LogP contribution is 2.09. The Bertz CT molecular complexity index is 158. The van der Waals surface area contributed by atoms with Crippen LogP contribution in [0.3, 0.4) is 0 Å². The van der Waals surface area contributed by atoms with E-state index in [9.17, 15) is 0 Å². The maximum atomic E-state index is 9.16. The van der Waals surface area contributed by atoms with Gasteiger partial charge in [0.25, 0.3) is 0 Å². The van der Waals surface area contributed by atoms with Crippen molar-refractivity contribution >= 4 is 11.6 Å². The molecule has 1 unspecified atom stereocenters. The van der Waals surface area contributed by atoms with Crippen LogP contribution >= 0.6 is 11.6 Å². The first-order chi connectivity index (χ1) is 7.38. The number of alkyl halides is 1. The molecule has 3 nitrogen and oxygen atoms in total. The molecule has 1 aliphatic heterocycles. The minimum Gasteiger partial charge on any atom is -0.395 e. The van der Waals surface area contributed by atoms with Crippen molar-refractivity contribution in [2.75, 3.05) is 38.8 Å². The van der Waals surface area contributed by atoms with E-state index in [4.69, 9.17) is 21.4 Å². The number of ether oxygens (including phenoxy) is 1. The van der Waals surface area contributed by atoms with Crippen LogP contribution in [0.2, 0.25) is 0 Å². The molecule has 0 amide bonds. The summed E-state index contributed by atoms with van der Waals surface area (Å²) in [5, 5.41) is 9.16. The Kier molecular flexibility index (Phi) is 7.36. The van der Waals surface area contributed by atoms with Gasteiger partial charge in [0.05, 0.1) is 25.9 Å². The molecule has 0 aliphatic carbocycles. The van der Waals surface area contributed by atoms with Gasteiger partial charge < -0.3 is 9.84 Å². The fraction of sp³-hybridized carbons (Fsp3) is 1.00. The average Bonchev–Trinajstić information content (AvgIpc) is 2.29. The molecular formula is C11H22ClNO2. The number of morpholine rings is 1. The molecule has 4 heteroatoms. The van der Waals surface area contributed by atoms with Gasteiger partial charge in [0.2, 0.25) is 0 Å². The maximum absolute atomic E-state index is 9.16. The number of halogens is 1. The van der Waals surface area contributed by atoms with Crippen molar-refractivity contribution in [3.63, 3.8) is 0 Å². The van der Waals surface area contributed by atoms with Crippen LogP contribution in [0.15, 0.2) is 0 Å². The number of aliphatic hydroxyl groups excluding tert-OH is 1. The zero-order chi connectivity index (χ0) is 10.9. The van der Waals surface area contributed by atoms with Gasteiger partial charge in [0, 0.05) is 12.4 Å². The van der Waals surface area contributed by atoms with Gasteiger partial charge in [-0.2, -0.15) is 0 Å². The van der Waals surface area contributed by atoms with Crippen LogP contribution in [0.4, 0.5) is 0 Å². The van der Waals surface area contributed by atoms with Crippen molar-refractivity contribution in [3.8, 4) is 0 Å². The Balaban J connectivity index is 2.07. The van der Waals surface area contributed by atoms with Crippen LogP contribution in [0, 0.1) is 0 Å². The van der Waals surface area contributed by atoms with Crippen LogP contribution in [-0.4, -0.2) is 54.8 Å². The molecule has 1 rings (SSSR count). The van der Waals surface area contributed by atoms with Crippen LogP contribution < -0.4 is 0 Å². The van der Waals surface area contributed by atoms with Crippen LogP contribution in [0.25, 0.3) is 0 Å². The van der Waals surface area contributed by atoms with Gasteiger partial charge >= 0.3 is 0 Å².